The molecule has 0 saturated heterocycles. The number of hydrogen-bond donors (Lipinski definition) is 1. The number of rotatable bonds is 18. The predicted octanol–water partition coefficient (Wildman–Crippen LogP) is 5.36. The van der Waals surface area contributed by atoms with Gasteiger partial charge in [-0.2, -0.15) is 0 Å². The highest BCUT2D eigenvalue weighted by atomic mass is 31.2. The van der Waals surface area contributed by atoms with E-state index in [1.54, 1.807) is 0 Å². The Labute approximate surface area is 185 Å². The van der Waals surface area contributed by atoms with Gasteiger partial charge in [0.05, 0.1) is 39.6 Å². The third-order valence-corrected chi connectivity index (χ3v) is 5.61. The van der Waals surface area contributed by atoms with Crippen LogP contribution in [0.3, 0.4) is 0 Å². The van der Waals surface area contributed by atoms with Gasteiger partial charge >= 0.3 is 7.82 Å². The van der Waals surface area contributed by atoms with Crippen LogP contribution in [0.5, 0.6) is 5.75 Å². The Hall–Kier alpha value is -1.47. The van der Waals surface area contributed by atoms with E-state index in [0.717, 1.165) is 42.2 Å². The molecule has 7 nitrogen and oxygen atoms in total. The Bertz CT molecular complexity index is 778. The van der Waals surface area contributed by atoms with Crippen molar-refractivity contribution in [3.8, 4) is 5.75 Å². The maximum Gasteiger partial charge on any atom is 0.472 e. The summed E-state index contributed by atoms with van der Waals surface area (Å²) in [7, 11) is -3.99. The minimum atomic E-state index is -3.99. The molecule has 0 amide bonds. The number of hydrogen-bond acceptors (Lipinski definition) is 6. The van der Waals surface area contributed by atoms with Crippen LogP contribution in [0.15, 0.2) is 42.5 Å². The van der Waals surface area contributed by atoms with Crippen LogP contribution in [-0.2, 0) is 23.1 Å². The lowest BCUT2D eigenvalue weighted by molar-refractivity contribution is 0.0225. The van der Waals surface area contributed by atoms with Crippen LogP contribution in [-0.4, -0.2) is 51.1 Å². The van der Waals surface area contributed by atoms with Crippen LogP contribution >= 0.6 is 7.82 Å². The SMILES string of the molecule is CCCCCCCOP(=O)(O)OCCOCCOCCOc1cccc2ccccc12. The predicted molar refractivity (Wildman–Crippen MR) is 122 cm³/mol. The molecule has 0 bridgehead atoms. The average Bonchev–Trinajstić information content (AvgIpc) is 2.77. The van der Waals surface area contributed by atoms with E-state index in [9.17, 15) is 9.46 Å². The maximum atomic E-state index is 11.7. The van der Waals surface area contributed by atoms with Crippen molar-refractivity contribution in [3.63, 3.8) is 0 Å². The van der Waals surface area contributed by atoms with E-state index in [2.05, 4.69) is 19.1 Å². The zero-order chi connectivity index (χ0) is 22.2. The van der Waals surface area contributed by atoms with E-state index in [-0.39, 0.29) is 19.8 Å². The zero-order valence-corrected chi connectivity index (χ0v) is 19.3. The molecule has 31 heavy (non-hydrogen) atoms. The molecule has 8 heteroatoms. The first-order valence-corrected chi connectivity index (χ1v) is 12.5. The van der Waals surface area contributed by atoms with Gasteiger partial charge in [0.2, 0.25) is 0 Å². The van der Waals surface area contributed by atoms with Gasteiger partial charge in [0.25, 0.3) is 0 Å². The summed E-state index contributed by atoms with van der Waals surface area (Å²) in [6.07, 6.45) is 5.19. The van der Waals surface area contributed by atoms with E-state index in [1.165, 1.54) is 6.42 Å². The minimum Gasteiger partial charge on any atom is -0.491 e. The average molecular weight is 455 g/mol. The molecule has 2 rings (SSSR count). The fourth-order valence-electron chi connectivity index (χ4n) is 2.99. The summed E-state index contributed by atoms with van der Waals surface area (Å²) in [6, 6.07) is 14.0. The molecule has 0 spiro atoms. The Balaban J connectivity index is 1.43. The van der Waals surface area contributed by atoms with Gasteiger partial charge in [-0.1, -0.05) is 69.0 Å². The van der Waals surface area contributed by atoms with Crippen molar-refractivity contribution in [2.45, 2.75) is 39.0 Å². The Morgan fingerprint density at radius 1 is 0.742 bits per heavy atom. The standard InChI is InChI=1S/C23H35O7P/c1-2-3-4-5-8-14-29-31(24,25)30-20-18-27-16-15-26-17-19-28-23-13-9-11-21-10-6-7-12-22(21)23/h6-7,9-13H,2-5,8,14-20H2,1H3,(H,24,25). The molecule has 1 N–H and O–H groups in total. The Morgan fingerprint density at radius 2 is 1.39 bits per heavy atom. The van der Waals surface area contributed by atoms with Crippen LogP contribution in [0.2, 0.25) is 0 Å². The number of benzene rings is 2. The summed E-state index contributed by atoms with van der Waals surface area (Å²) in [4.78, 5) is 9.59. The molecule has 0 saturated carbocycles. The fraction of sp³-hybridized carbons (Fsp3) is 0.565. The molecular weight excluding hydrogens is 419 g/mol. The molecule has 0 aromatic heterocycles. The van der Waals surface area contributed by atoms with E-state index < -0.39 is 7.82 Å². The normalized spacial score (nSPS) is 13.4. The number of ether oxygens (including phenoxy) is 3. The van der Waals surface area contributed by atoms with Gasteiger partial charge in [-0.3, -0.25) is 9.05 Å². The monoisotopic (exact) mass is 454 g/mol. The summed E-state index contributed by atoms with van der Waals surface area (Å²) < 4.78 is 38.2. The van der Waals surface area contributed by atoms with E-state index in [4.69, 9.17) is 23.3 Å². The van der Waals surface area contributed by atoms with Gasteiger partial charge in [-0.15, -0.1) is 0 Å². The third-order valence-electron chi connectivity index (χ3n) is 4.59. The van der Waals surface area contributed by atoms with Crippen molar-refractivity contribution in [3.05, 3.63) is 42.5 Å². The molecule has 0 fully saturated rings. The zero-order valence-electron chi connectivity index (χ0n) is 18.4. The van der Waals surface area contributed by atoms with Crippen LogP contribution in [0.4, 0.5) is 0 Å². The van der Waals surface area contributed by atoms with Gasteiger partial charge in [0.1, 0.15) is 12.4 Å². The highest BCUT2D eigenvalue weighted by molar-refractivity contribution is 7.47. The molecule has 174 valence electrons. The highest BCUT2D eigenvalue weighted by Crippen LogP contribution is 2.43. The summed E-state index contributed by atoms with van der Waals surface area (Å²) in [6.45, 7) is 4.22. The Morgan fingerprint density at radius 3 is 2.19 bits per heavy atom. The van der Waals surface area contributed by atoms with Gasteiger partial charge in [-0.05, 0) is 17.9 Å². The van der Waals surface area contributed by atoms with Crippen molar-refractivity contribution in [1.29, 1.82) is 0 Å². The van der Waals surface area contributed by atoms with Crippen molar-refractivity contribution in [2.24, 2.45) is 0 Å². The number of phosphoric acid groups is 1. The second kappa shape index (κ2) is 15.4. The molecule has 0 aliphatic heterocycles. The lowest BCUT2D eigenvalue weighted by Gasteiger charge is -2.12. The number of fused-ring (bicyclic) bond motifs is 1. The van der Waals surface area contributed by atoms with E-state index >= 15 is 0 Å². The molecule has 0 aliphatic rings. The fourth-order valence-corrected chi connectivity index (χ4v) is 3.73. The van der Waals surface area contributed by atoms with E-state index in [0.29, 0.717) is 26.4 Å². The van der Waals surface area contributed by atoms with Gasteiger partial charge in [-0.25, -0.2) is 4.57 Å². The first kappa shape index (κ1) is 25.8. The minimum absolute atomic E-state index is 0.00615. The molecule has 0 heterocycles. The first-order chi connectivity index (χ1) is 15.1. The molecule has 2 aromatic carbocycles. The second-order valence-corrected chi connectivity index (χ2v) is 8.55. The smallest absolute Gasteiger partial charge is 0.472 e. The lowest BCUT2D eigenvalue weighted by Crippen LogP contribution is -2.12. The summed E-state index contributed by atoms with van der Waals surface area (Å²) >= 11 is 0. The largest absolute Gasteiger partial charge is 0.491 e. The van der Waals surface area contributed by atoms with Crippen LogP contribution in [0, 0.1) is 0 Å². The van der Waals surface area contributed by atoms with Crippen LogP contribution in [0.25, 0.3) is 10.8 Å². The van der Waals surface area contributed by atoms with Crippen molar-refractivity contribution in [1.82, 2.24) is 0 Å². The number of phosphoric ester groups is 1. The van der Waals surface area contributed by atoms with Gasteiger partial charge in [0, 0.05) is 5.39 Å². The molecular formula is C23H35O7P. The first-order valence-electron chi connectivity index (χ1n) is 11.0. The van der Waals surface area contributed by atoms with Gasteiger partial charge in [0.15, 0.2) is 0 Å². The molecule has 0 radical (unpaired) electrons. The van der Waals surface area contributed by atoms with Crippen molar-refractivity contribution < 1.29 is 32.7 Å². The molecule has 1 atom stereocenters. The second-order valence-electron chi connectivity index (χ2n) is 7.10. The summed E-state index contributed by atoms with van der Waals surface area (Å²) in [5.41, 5.74) is 0. The lowest BCUT2D eigenvalue weighted by atomic mass is 10.1. The summed E-state index contributed by atoms with van der Waals surface area (Å²) in [5, 5.41) is 2.22. The summed E-state index contributed by atoms with van der Waals surface area (Å²) in [5.74, 6) is 0.840. The number of unbranched alkanes of at least 4 members (excludes halogenated alkanes) is 4. The molecule has 1 unspecified atom stereocenters. The molecule has 2 aromatic rings. The Kier molecular flexibility index (Phi) is 12.8. The highest BCUT2D eigenvalue weighted by Gasteiger charge is 2.20. The van der Waals surface area contributed by atoms with Crippen LogP contribution < -0.4 is 4.74 Å². The van der Waals surface area contributed by atoms with Gasteiger partial charge < -0.3 is 19.1 Å². The third kappa shape index (κ3) is 11.1. The van der Waals surface area contributed by atoms with Crippen molar-refractivity contribution in [2.75, 3.05) is 46.2 Å². The van der Waals surface area contributed by atoms with E-state index in [1.807, 2.05) is 30.3 Å². The topological polar surface area (TPSA) is 83.5 Å². The van der Waals surface area contributed by atoms with Crippen LogP contribution in [0.1, 0.15) is 39.0 Å². The maximum absolute atomic E-state index is 11.7. The quantitative estimate of drug-likeness (QED) is 0.240. The van der Waals surface area contributed by atoms with Crippen molar-refractivity contribution >= 4 is 18.6 Å². The molecule has 0 aliphatic carbocycles.